The molecule has 1 fully saturated rings. The maximum atomic E-state index is 12.7. The van der Waals surface area contributed by atoms with Gasteiger partial charge in [-0.2, -0.15) is 0 Å². The van der Waals surface area contributed by atoms with Crippen LogP contribution in [0, 0.1) is 0 Å². The molecule has 2 aromatic carbocycles. The fourth-order valence-electron chi connectivity index (χ4n) is 3.78. The SMILES string of the molecule is C[C@H]1CCC[C@H](C)N1C(=O)CSc1nnc(Nc2ccc(Oc3ccccc3)cc2)s1. The second-order valence-corrected chi connectivity index (χ2v) is 9.86. The summed E-state index contributed by atoms with van der Waals surface area (Å²) in [5.41, 5.74) is 0.903. The highest BCUT2D eigenvalue weighted by atomic mass is 32.2. The van der Waals surface area contributed by atoms with Gasteiger partial charge in [0.1, 0.15) is 11.5 Å². The van der Waals surface area contributed by atoms with E-state index < -0.39 is 0 Å². The summed E-state index contributed by atoms with van der Waals surface area (Å²) in [5, 5.41) is 12.4. The molecule has 0 spiro atoms. The first-order chi connectivity index (χ1) is 15.1. The number of para-hydroxylation sites is 1. The van der Waals surface area contributed by atoms with E-state index in [1.807, 2.05) is 59.5 Å². The van der Waals surface area contributed by atoms with Gasteiger partial charge >= 0.3 is 0 Å². The maximum absolute atomic E-state index is 12.7. The van der Waals surface area contributed by atoms with E-state index in [9.17, 15) is 4.79 Å². The largest absolute Gasteiger partial charge is 0.457 e. The molecule has 2 atom stereocenters. The van der Waals surface area contributed by atoms with Crippen LogP contribution in [0.5, 0.6) is 11.5 Å². The van der Waals surface area contributed by atoms with E-state index >= 15 is 0 Å². The molecule has 2 heterocycles. The van der Waals surface area contributed by atoms with Crippen molar-refractivity contribution in [2.45, 2.75) is 49.5 Å². The number of thioether (sulfide) groups is 1. The van der Waals surface area contributed by atoms with Gasteiger partial charge in [0.15, 0.2) is 4.34 Å². The summed E-state index contributed by atoms with van der Waals surface area (Å²) in [5.74, 6) is 2.15. The average molecular weight is 455 g/mol. The van der Waals surface area contributed by atoms with Gasteiger partial charge in [-0.25, -0.2) is 0 Å². The number of amides is 1. The van der Waals surface area contributed by atoms with Crippen molar-refractivity contribution in [2.75, 3.05) is 11.1 Å². The molecular formula is C23H26N4O2S2. The molecule has 4 rings (SSSR count). The second kappa shape index (κ2) is 10.2. The molecule has 0 bridgehead atoms. The molecule has 1 N–H and O–H groups in total. The summed E-state index contributed by atoms with van der Waals surface area (Å²) in [6.45, 7) is 4.28. The highest BCUT2D eigenvalue weighted by molar-refractivity contribution is 8.01. The van der Waals surface area contributed by atoms with Gasteiger partial charge in [0.25, 0.3) is 0 Å². The van der Waals surface area contributed by atoms with Gasteiger partial charge < -0.3 is 15.0 Å². The first kappa shape index (κ1) is 21.6. The predicted octanol–water partition coefficient (Wildman–Crippen LogP) is 5.96. The first-order valence-electron chi connectivity index (χ1n) is 10.5. The van der Waals surface area contributed by atoms with Gasteiger partial charge in [0.05, 0.1) is 5.75 Å². The fraction of sp³-hybridized carbons (Fsp3) is 0.348. The molecule has 3 aromatic rings. The van der Waals surface area contributed by atoms with Gasteiger partial charge in [-0.1, -0.05) is 41.3 Å². The zero-order valence-corrected chi connectivity index (χ0v) is 19.3. The van der Waals surface area contributed by atoms with Gasteiger partial charge in [-0.05, 0) is 69.5 Å². The Bertz CT molecular complexity index is 984. The first-order valence-corrected chi connectivity index (χ1v) is 12.3. The highest BCUT2D eigenvalue weighted by Gasteiger charge is 2.28. The minimum atomic E-state index is 0.184. The minimum Gasteiger partial charge on any atom is -0.457 e. The van der Waals surface area contributed by atoms with E-state index in [0.29, 0.717) is 23.0 Å². The molecule has 1 aliphatic rings. The van der Waals surface area contributed by atoms with Crippen molar-refractivity contribution < 1.29 is 9.53 Å². The number of carbonyl (C=O) groups excluding carboxylic acids is 1. The number of nitrogens with one attached hydrogen (secondary N) is 1. The lowest BCUT2D eigenvalue weighted by Gasteiger charge is -2.39. The molecule has 31 heavy (non-hydrogen) atoms. The maximum Gasteiger partial charge on any atom is 0.233 e. The molecule has 0 saturated carbocycles. The van der Waals surface area contributed by atoms with Gasteiger partial charge in [0, 0.05) is 17.8 Å². The zero-order valence-electron chi connectivity index (χ0n) is 17.7. The van der Waals surface area contributed by atoms with Crippen LogP contribution in [0.15, 0.2) is 58.9 Å². The van der Waals surface area contributed by atoms with E-state index in [1.165, 1.54) is 29.5 Å². The Hall–Kier alpha value is -2.58. The number of aromatic nitrogens is 2. The molecule has 162 valence electrons. The van der Waals surface area contributed by atoms with Crippen LogP contribution in [-0.2, 0) is 4.79 Å². The third-order valence-corrected chi connectivity index (χ3v) is 7.25. The summed E-state index contributed by atoms with van der Waals surface area (Å²) in [4.78, 5) is 14.7. The second-order valence-electron chi connectivity index (χ2n) is 7.66. The highest BCUT2D eigenvalue weighted by Crippen LogP contribution is 2.30. The third-order valence-electron chi connectivity index (χ3n) is 5.29. The Morgan fingerprint density at radius 2 is 1.74 bits per heavy atom. The number of benzene rings is 2. The lowest BCUT2D eigenvalue weighted by Crippen LogP contribution is -2.48. The van der Waals surface area contributed by atoms with Crippen molar-refractivity contribution in [1.29, 1.82) is 0 Å². The third kappa shape index (κ3) is 5.77. The van der Waals surface area contributed by atoms with Crippen LogP contribution < -0.4 is 10.1 Å². The standard InChI is InChI=1S/C23H26N4O2S2/c1-16-7-6-8-17(2)27(16)21(28)15-30-23-26-25-22(31-23)24-18-11-13-20(14-12-18)29-19-9-4-3-5-10-19/h3-5,9-14,16-17H,6-8,15H2,1-2H3,(H,24,25)/t16-,17-/m0/s1. The molecular weight excluding hydrogens is 428 g/mol. The minimum absolute atomic E-state index is 0.184. The number of hydrogen-bond donors (Lipinski definition) is 1. The van der Waals surface area contributed by atoms with Crippen molar-refractivity contribution >= 4 is 39.8 Å². The fourth-order valence-corrected chi connectivity index (χ4v) is 5.43. The number of carbonyl (C=O) groups is 1. The van der Waals surface area contributed by atoms with Crippen LogP contribution in [0.3, 0.4) is 0 Å². The van der Waals surface area contributed by atoms with Crippen molar-refractivity contribution in [3.05, 3.63) is 54.6 Å². The summed E-state index contributed by atoms with van der Waals surface area (Å²) in [6.07, 6.45) is 3.37. The Morgan fingerprint density at radius 1 is 1.06 bits per heavy atom. The van der Waals surface area contributed by atoms with Crippen molar-refractivity contribution in [1.82, 2.24) is 15.1 Å². The van der Waals surface area contributed by atoms with E-state index in [4.69, 9.17) is 4.74 Å². The van der Waals surface area contributed by atoms with Gasteiger partial charge in [0.2, 0.25) is 11.0 Å². The molecule has 6 nitrogen and oxygen atoms in total. The molecule has 1 saturated heterocycles. The number of nitrogens with zero attached hydrogens (tertiary/aromatic N) is 3. The van der Waals surface area contributed by atoms with E-state index in [1.54, 1.807) is 0 Å². The summed E-state index contributed by atoms with van der Waals surface area (Å²) in [7, 11) is 0. The van der Waals surface area contributed by atoms with Crippen molar-refractivity contribution in [3.8, 4) is 11.5 Å². The Balaban J connectivity index is 1.29. The topological polar surface area (TPSA) is 67.4 Å². The van der Waals surface area contributed by atoms with E-state index in [0.717, 1.165) is 34.4 Å². The van der Waals surface area contributed by atoms with Crippen LogP contribution in [0.1, 0.15) is 33.1 Å². The quantitative estimate of drug-likeness (QED) is 0.445. The molecule has 1 amide bonds. The summed E-state index contributed by atoms with van der Waals surface area (Å²) < 4.78 is 6.60. The van der Waals surface area contributed by atoms with E-state index in [2.05, 4.69) is 29.4 Å². The van der Waals surface area contributed by atoms with Crippen LogP contribution >= 0.6 is 23.1 Å². The van der Waals surface area contributed by atoms with Crippen molar-refractivity contribution in [2.24, 2.45) is 0 Å². The number of rotatable bonds is 7. The summed E-state index contributed by atoms with van der Waals surface area (Å²) >= 11 is 2.91. The predicted molar refractivity (Wildman–Crippen MR) is 126 cm³/mol. The summed E-state index contributed by atoms with van der Waals surface area (Å²) in [6, 6.07) is 18.0. The van der Waals surface area contributed by atoms with Crippen LogP contribution in [0.2, 0.25) is 0 Å². The Labute approximate surface area is 191 Å². The number of piperidine rings is 1. The smallest absolute Gasteiger partial charge is 0.233 e. The molecule has 0 aliphatic carbocycles. The Morgan fingerprint density at radius 3 is 2.45 bits per heavy atom. The van der Waals surface area contributed by atoms with Gasteiger partial charge in [-0.15, -0.1) is 10.2 Å². The van der Waals surface area contributed by atoms with Crippen LogP contribution in [0.4, 0.5) is 10.8 Å². The molecule has 8 heteroatoms. The average Bonchev–Trinajstić information content (AvgIpc) is 3.22. The number of likely N-dealkylation sites (tertiary alicyclic amines) is 1. The normalized spacial score (nSPS) is 18.6. The lowest BCUT2D eigenvalue weighted by atomic mass is 9.98. The van der Waals surface area contributed by atoms with Crippen molar-refractivity contribution in [3.63, 3.8) is 0 Å². The molecule has 1 aromatic heterocycles. The monoisotopic (exact) mass is 454 g/mol. The van der Waals surface area contributed by atoms with Gasteiger partial charge in [-0.3, -0.25) is 4.79 Å². The van der Waals surface area contributed by atoms with Crippen LogP contribution in [0.25, 0.3) is 0 Å². The zero-order chi connectivity index (χ0) is 21.6. The Kier molecular flexibility index (Phi) is 7.09. The number of hydrogen-bond acceptors (Lipinski definition) is 7. The number of anilines is 2. The molecule has 0 radical (unpaired) electrons. The number of ether oxygens (including phenoxy) is 1. The lowest BCUT2D eigenvalue weighted by molar-refractivity contribution is -0.134. The molecule has 0 unspecified atom stereocenters. The molecule has 1 aliphatic heterocycles. The van der Waals surface area contributed by atoms with Crippen LogP contribution in [-0.4, -0.2) is 38.8 Å². The van der Waals surface area contributed by atoms with E-state index in [-0.39, 0.29) is 5.91 Å².